The quantitative estimate of drug-likeness (QED) is 0.645. The van der Waals surface area contributed by atoms with Crippen LogP contribution in [0.1, 0.15) is 24.6 Å². The van der Waals surface area contributed by atoms with Crippen molar-refractivity contribution in [3.63, 3.8) is 0 Å². The molecule has 1 atom stereocenters. The lowest BCUT2D eigenvalue weighted by molar-refractivity contribution is 0.238. The summed E-state index contributed by atoms with van der Waals surface area (Å²) < 4.78 is 2.13. The third kappa shape index (κ3) is 1.05. The molecule has 0 saturated carbocycles. The Morgan fingerprint density at radius 3 is 3.45 bits per heavy atom. The molecular weight excluding hydrogens is 140 g/mol. The Morgan fingerprint density at radius 1 is 1.73 bits per heavy atom. The second-order valence-corrected chi connectivity index (χ2v) is 3.00. The van der Waals surface area contributed by atoms with Crippen molar-refractivity contribution in [2.24, 2.45) is 0 Å². The summed E-state index contributed by atoms with van der Waals surface area (Å²) in [6.45, 7) is 1.29. The van der Waals surface area contributed by atoms with Crippen LogP contribution >= 0.6 is 0 Å². The molecule has 0 aliphatic carbocycles. The van der Waals surface area contributed by atoms with Gasteiger partial charge in [-0.25, -0.2) is 4.98 Å². The van der Waals surface area contributed by atoms with Gasteiger partial charge in [-0.2, -0.15) is 0 Å². The van der Waals surface area contributed by atoms with Crippen LogP contribution in [0.15, 0.2) is 12.4 Å². The molecular formula is C8H12N2O. The Morgan fingerprint density at radius 2 is 2.64 bits per heavy atom. The second-order valence-electron chi connectivity index (χ2n) is 3.00. The topological polar surface area (TPSA) is 38.0 Å². The predicted octanol–water partition coefficient (Wildman–Crippen LogP) is 0.753. The third-order valence-electron chi connectivity index (χ3n) is 2.28. The van der Waals surface area contributed by atoms with Gasteiger partial charge in [-0.3, -0.25) is 0 Å². The van der Waals surface area contributed by atoms with Crippen molar-refractivity contribution in [1.82, 2.24) is 9.55 Å². The zero-order valence-corrected chi connectivity index (χ0v) is 6.40. The van der Waals surface area contributed by atoms with Crippen LogP contribution in [0.3, 0.4) is 0 Å². The smallest absolute Gasteiger partial charge is 0.114 e. The van der Waals surface area contributed by atoms with E-state index in [1.165, 1.54) is 0 Å². The summed E-state index contributed by atoms with van der Waals surface area (Å²) in [7, 11) is 0. The Bertz CT molecular complexity index is 244. The summed E-state index contributed by atoms with van der Waals surface area (Å²) in [4.78, 5) is 4.21. The molecule has 3 nitrogen and oxygen atoms in total. The van der Waals surface area contributed by atoms with Gasteiger partial charge in [-0.1, -0.05) is 0 Å². The van der Waals surface area contributed by atoms with Crippen molar-refractivity contribution in [2.75, 3.05) is 6.61 Å². The van der Waals surface area contributed by atoms with E-state index in [0.29, 0.717) is 0 Å². The van der Waals surface area contributed by atoms with Gasteiger partial charge in [0.25, 0.3) is 0 Å². The van der Waals surface area contributed by atoms with Crippen LogP contribution in [0.25, 0.3) is 0 Å². The van der Waals surface area contributed by atoms with Crippen molar-refractivity contribution >= 4 is 0 Å². The van der Waals surface area contributed by atoms with Crippen LogP contribution in [0.5, 0.6) is 0 Å². The monoisotopic (exact) mass is 152 g/mol. The van der Waals surface area contributed by atoms with E-state index in [1.807, 2.05) is 12.4 Å². The molecule has 3 heteroatoms. The zero-order chi connectivity index (χ0) is 7.68. The number of aryl methyl sites for hydroxylation is 1. The highest BCUT2D eigenvalue weighted by Gasteiger charge is 2.19. The highest BCUT2D eigenvalue weighted by Crippen LogP contribution is 2.24. The average molecular weight is 152 g/mol. The molecule has 1 unspecified atom stereocenters. The summed E-state index contributed by atoms with van der Waals surface area (Å²) in [6, 6.07) is 0. The van der Waals surface area contributed by atoms with Gasteiger partial charge in [-0.15, -0.1) is 0 Å². The maximum atomic E-state index is 9.00. The Balaban J connectivity index is 2.32. The number of aliphatic hydroxyl groups excluding tert-OH is 1. The molecule has 0 bridgehead atoms. The Hall–Kier alpha value is -0.830. The van der Waals surface area contributed by atoms with Crippen molar-refractivity contribution in [3.8, 4) is 0 Å². The fraction of sp³-hybridized carbons (Fsp3) is 0.625. The number of hydrogen-bond donors (Lipinski definition) is 1. The van der Waals surface area contributed by atoms with Crippen molar-refractivity contribution in [1.29, 1.82) is 0 Å². The molecule has 0 spiro atoms. The summed E-state index contributed by atoms with van der Waals surface area (Å²) in [5.41, 5.74) is 0. The molecule has 1 N–H and O–H groups in total. The Kier molecular flexibility index (Phi) is 1.66. The normalized spacial score (nSPS) is 23.2. The summed E-state index contributed by atoms with van der Waals surface area (Å²) in [5.74, 6) is 1.33. The number of fused-ring (bicyclic) bond motifs is 1. The molecule has 2 rings (SSSR count). The predicted molar refractivity (Wildman–Crippen MR) is 41.3 cm³/mol. The maximum absolute atomic E-state index is 9.00. The van der Waals surface area contributed by atoms with Crippen LogP contribution in [-0.2, 0) is 6.54 Å². The molecule has 60 valence electrons. The lowest BCUT2D eigenvalue weighted by Crippen LogP contribution is -2.17. The van der Waals surface area contributed by atoms with Crippen LogP contribution in [0.4, 0.5) is 0 Å². The van der Waals surface area contributed by atoms with E-state index in [9.17, 15) is 0 Å². The minimum absolute atomic E-state index is 0.233. The second kappa shape index (κ2) is 2.66. The van der Waals surface area contributed by atoms with Gasteiger partial charge in [0, 0.05) is 24.9 Å². The van der Waals surface area contributed by atoms with E-state index in [-0.39, 0.29) is 12.5 Å². The number of nitrogens with zero attached hydrogens (tertiary/aromatic N) is 2. The number of aliphatic hydroxyl groups is 1. The number of rotatable bonds is 1. The van der Waals surface area contributed by atoms with E-state index in [0.717, 1.165) is 25.2 Å². The van der Waals surface area contributed by atoms with E-state index < -0.39 is 0 Å². The van der Waals surface area contributed by atoms with Gasteiger partial charge in [0.2, 0.25) is 0 Å². The molecule has 1 aliphatic heterocycles. The zero-order valence-electron chi connectivity index (χ0n) is 6.40. The van der Waals surface area contributed by atoms with E-state index in [4.69, 9.17) is 5.11 Å². The van der Waals surface area contributed by atoms with Crippen LogP contribution < -0.4 is 0 Å². The van der Waals surface area contributed by atoms with Gasteiger partial charge in [0.1, 0.15) is 5.82 Å². The Labute approximate surface area is 65.7 Å². The van der Waals surface area contributed by atoms with Gasteiger partial charge in [0.05, 0.1) is 6.61 Å². The van der Waals surface area contributed by atoms with E-state index in [1.54, 1.807) is 0 Å². The molecule has 1 aromatic heterocycles. The molecule has 0 amide bonds. The molecule has 2 heterocycles. The standard InChI is InChI=1S/C8H12N2O/c11-6-7-2-1-4-10-5-3-9-8(7)10/h3,5,7,11H,1-2,4,6H2. The van der Waals surface area contributed by atoms with Gasteiger partial charge in [0.15, 0.2) is 0 Å². The molecule has 1 aliphatic rings. The van der Waals surface area contributed by atoms with Gasteiger partial charge >= 0.3 is 0 Å². The molecule has 11 heavy (non-hydrogen) atoms. The highest BCUT2D eigenvalue weighted by molar-refractivity contribution is 5.02. The summed E-state index contributed by atoms with van der Waals surface area (Å²) in [6.07, 6.45) is 6.03. The minimum atomic E-state index is 0.233. The molecule has 1 aromatic rings. The van der Waals surface area contributed by atoms with Crippen molar-refractivity contribution < 1.29 is 5.11 Å². The largest absolute Gasteiger partial charge is 0.396 e. The van der Waals surface area contributed by atoms with Crippen molar-refractivity contribution in [2.45, 2.75) is 25.3 Å². The number of imidazole rings is 1. The summed E-state index contributed by atoms with van der Waals surface area (Å²) in [5, 5.41) is 9.00. The van der Waals surface area contributed by atoms with Gasteiger partial charge in [-0.05, 0) is 12.8 Å². The first-order valence-corrected chi connectivity index (χ1v) is 4.03. The minimum Gasteiger partial charge on any atom is -0.396 e. The lowest BCUT2D eigenvalue weighted by Gasteiger charge is -2.21. The number of aromatic nitrogens is 2. The first-order chi connectivity index (χ1) is 5.42. The summed E-state index contributed by atoms with van der Waals surface area (Å²) >= 11 is 0. The van der Waals surface area contributed by atoms with Crippen LogP contribution in [-0.4, -0.2) is 21.3 Å². The third-order valence-corrected chi connectivity index (χ3v) is 2.28. The SMILES string of the molecule is OCC1CCCn2ccnc21. The number of hydrogen-bond acceptors (Lipinski definition) is 2. The fourth-order valence-electron chi connectivity index (χ4n) is 1.68. The molecule has 0 fully saturated rings. The van der Waals surface area contributed by atoms with Crippen LogP contribution in [0.2, 0.25) is 0 Å². The first kappa shape index (κ1) is 6.85. The highest BCUT2D eigenvalue weighted by atomic mass is 16.3. The fourth-order valence-corrected chi connectivity index (χ4v) is 1.68. The van der Waals surface area contributed by atoms with Gasteiger partial charge < -0.3 is 9.67 Å². The van der Waals surface area contributed by atoms with Crippen molar-refractivity contribution in [3.05, 3.63) is 18.2 Å². The van der Waals surface area contributed by atoms with E-state index >= 15 is 0 Å². The van der Waals surface area contributed by atoms with E-state index in [2.05, 4.69) is 9.55 Å². The molecule has 0 aromatic carbocycles. The molecule has 0 saturated heterocycles. The van der Waals surface area contributed by atoms with Crippen LogP contribution in [0, 0.1) is 0 Å². The average Bonchev–Trinajstić information content (AvgIpc) is 2.50. The maximum Gasteiger partial charge on any atom is 0.114 e. The lowest BCUT2D eigenvalue weighted by atomic mass is 10.0. The first-order valence-electron chi connectivity index (χ1n) is 4.03. The molecule has 0 radical (unpaired) electrons.